The zero-order valence-corrected chi connectivity index (χ0v) is 7.90. The second kappa shape index (κ2) is 2.38. The third-order valence-corrected chi connectivity index (χ3v) is 4.74. The Labute approximate surface area is 63.0 Å². The Balaban J connectivity index is 2.64. The molecule has 0 aliphatic carbocycles. The van der Waals surface area contributed by atoms with Gasteiger partial charge in [-0.05, 0) is 6.42 Å². The van der Waals surface area contributed by atoms with E-state index in [1.807, 2.05) is 0 Å². The molecule has 0 aromatic heterocycles. The van der Waals surface area contributed by atoms with Crippen LogP contribution in [0.5, 0.6) is 0 Å². The number of amides is 1. The van der Waals surface area contributed by atoms with Gasteiger partial charge in [0, 0.05) is 12.1 Å². The number of carbonyl (C=O) groups excluding carboxylic acids is 1. The number of hydrogen-bond acceptors (Lipinski definition) is 1. The van der Waals surface area contributed by atoms with E-state index in [0.717, 1.165) is 13.0 Å². The fourth-order valence-corrected chi connectivity index (χ4v) is 3.32. The number of rotatable bonds is 1. The standard InChI is InChI=1S/C7H15NOSi/c1-10(2,3)6-4-5-8-7(6)9/h6H,4-5H2,1-3H3,(H,8,9)/t6-/m0/s1. The molecule has 1 rings (SSSR count). The van der Waals surface area contributed by atoms with E-state index in [0.29, 0.717) is 11.4 Å². The predicted molar refractivity (Wildman–Crippen MR) is 44.7 cm³/mol. The lowest BCUT2D eigenvalue weighted by molar-refractivity contribution is -0.119. The van der Waals surface area contributed by atoms with Crippen molar-refractivity contribution in [3.8, 4) is 0 Å². The van der Waals surface area contributed by atoms with Gasteiger partial charge < -0.3 is 5.32 Å². The van der Waals surface area contributed by atoms with Crippen LogP contribution in [0.4, 0.5) is 0 Å². The largest absolute Gasteiger partial charge is 0.356 e. The van der Waals surface area contributed by atoms with Gasteiger partial charge in [0.1, 0.15) is 0 Å². The first kappa shape index (κ1) is 7.79. The Kier molecular flexibility index (Phi) is 1.85. The van der Waals surface area contributed by atoms with Crippen LogP contribution in [0.25, 0.3) is 0 Å². The van der Waals surface area contributed by atoms with E-state index in [2.05, 4.69) is 25.0 Å². The molecule has 1 N–H and O–H groups in total. The summed E-state index contributed by atoms with van der Waals surface area (Å²) in [7, 11) is -1.20. The van der Waals surface area contributed by atoms with Crippen molar-refractivity contribution in [2.75, 3.05) is 6.54 Å². The summed E-state index contributed by atoms with van der Waals surface area (Å²) >= 11 is 0. The average Bonchev–Trinajstić information content (AvgIpc) is 2.11. The van der Waals surface area contributed by atoms with E-state index in [1.165, 1.54) is 0 Å². The van der Waals surface area contributed by atoms with Crippen LogP contribution in [0.1, 0.15) is 6.42 Å². The average molecular weight is 157 g/mol. The van der Waals surface area contributed by atoms with E-state index in [1.54, 1.807) is 0 Å². The van der Waals surface area contributed by atoms with Gasteiger partial charge in [-0.1, -0.05) is 19.6 Å². The molecule has 3 heteroatoms. The zero-order valence-electron chi connectivity index (χ0n) is 6.90. The summed E-state index contributed by atoms with van der Waals surface area (Å²) in [6.45, 7) is 7.65. The van der Waals surface area contributed by atoms with Crippen LogP contribution in [-0.4, -0.2) is 20.5 Å². The fraction of sp³-hybridized carbons (Fsp3) is 0.857. The van der Waals surface area contributed by atoms with Gasteiger partial charge in [0.2, 0.25) is 5.91 Å². The van der Waals surface area contributed by atoms with Crippen molar-refractivity contribution in [1.29, 1.82) is 0 Å². The number of nitrogens with one attached hydrogen (secondary N) is 1. The minimum atomic E-state index is -1.20. The molecule has 1 fully saturated rings. The first-order valence-corrected chi connectivity index (χ1v) is 7.37. The second-order valence-electron chi connectivity index (χ2n) is 4.00. The van der Waals surface area contributed by atoms with E-state index in [-0.39, 0.29) is 0 Å². The third kappa shape index (κ3) is 1.40. The van der Waals surface area contributed by atoms with Crippen LogP contribution in [-0.2, 0) is 4.79 Å². The quantitative estimate of drug-likeness (QED) is 0.570. The second-order valence-corrected chi connectivity index (χ2v) is 9.43. The summed E-state index contributed by atoms with van der Waals surface area (Å²) in [5, 5.41) is 2.87. The predicted octanol–water partition coefficient (Wildman–Crippen LogP) is 1.21. The molecule has 2 nitrogen and oxygen atoms in total. The van der Waals surface area contributed by atoms with E-state index in [4.69, 9.17) is 0 Å². The Morgan fingerprint density at radius 3 is 2.30 bits per heavy atom. The Hall–Kier alpha value is -0.313. The van der Waals surface area contributed by atoms with Gasteiger partial charge in [0.15, 0.2) is 0 Å². The van der Waals surface area contributed by atoms with Crippen molar-refractivity contribution in [3.05, 3.63) is 0 Å². The molecule has 1 saturated heterocycles. The highest BCUT2D eigenvalue weighted by atomic mass is 28.3. The van der Waals surface area contributed by atoms with Crippen molar-refractivity contribution in [2.45, 2.75) is 31.6 Å². The molecule has 0 spiro atoms. The van der Waals surface area contributed by atoms with Crippen molar-refractivity contribution in [2.24, 2.45) is 0 Å². The lowest BCUT2D eigenvalue weighted by Gasteiger charge is -2.21. The number of carbonyl (C=O) groups is 1. The van der Waals surface area contributed by atoms with Crippen molar-refractivity contribution >= 4 is 14.0 Å². The lowest BCUT2D eigenvalue weighted by atomic mass is 10.4. The molecule has 1 amide bonds. The molecule has 1 heterocycles. The SMILES string of the molecule is C[Si](C)(C)[C@H]1CCNC1=O. The lowest BCUT2D eigenvalue weighted by Crippen LogP contribution is -2.33. The van der Waals surface area contributed by atoms with Crippen LogP contribution < -0.4 is 5.32 Å². The third-order valence-electron chi connectivity index (χ3n) is 2.09. The van der Waals surface area contributed by atoms with Crippen molar-refractivity contribution in [3.63, 3.8) is 0 Å². The molecule has 0 bridgehead atoms. The van der Waals surface area contributed by atoms with Crippen LogP contribution in [0.2, 0.25) is 25.2 Å². The maximum absolute atomic E-state index is 11.1. The van der Waals surface area contributed by atoms with Crippen molar-refractivity contribution in [1.82, 2.24) is 5.32 Å². The molecule has 0 unspecified atom stereocenters. The normalized spacial score (nSPS) is 26.7. The molecule has 10 heavy (non-hydrogen) atoms. The summed E-state index contributed by atoms with van der Waals surface area (Å²) in [6, 6.07) is 0. The maximum atomic E-state index is 11.1. The molecule has 1 atom stereocenters. The zero-order chi connectivity index (χ0) is 7.78. The molecular formula is C7H15NOSi. The first-order chi connectivity index (χ1) is 4.52. The number of hydrogen-bond donors (Lipinski definition) is 1. The van der Waals surface area contributed by atoms with Gasteiger partial charge in [-0.3, -0.25) is 4.79 Å². The van der Waals surface area contributed by atoms with E-state index >= 15 is 0 Å². The highest BCUT2D eigenvalue weighted by Crippen LogP contribution is 2.28. The fourth-order valence-electron chi connectivity index (χ4n) is 1.42. The summed E-state index contributed by atoms with van der Waals surface area (Å²) in [5.41, 5.74) is 0.368. The summed E-state index contributed by atoms with van der Waals surface area (Å²) in [4.78, 5) is 11.1. The smallest absolute Gasteiger partial charge is 0.220 e. The first-order valence-electron chi connectivity index (χ1n) is 3.79. The van der Waals surface area contributed by atoms with Gasteiger partial charge in [-0.2, -0.15) is 0 Å². The molecule has 1 aliphatic rings. The summed E-state index contributed by atoms with van der Waals surface area (Å²) < 4.78 is 0. The van der Waals surface area contributed by atoms with Crippen LogP contribution in [0, 0.1) is 0 Å². The molecule has 0 radical (unpaired) electrons. The molecule has 0 aromatic carbocycles. The Morgan fingerprint density at radius 2 is 2.10 bits per heavy atom. The molecular weight excluding hydrogens is 142 g/mol. The maximum Gasteiger partial charge on any atom is 0.220 e. The van der Waals surface area contributed by atoms with Crippen LogP contribution in [0.15, 0.2) is 0 Å². The molecule has 58 valence electrons. The van der Waals surface area contributed by atoms with Crippen molar-refractivity contribution < 1.29 is 4.79 Å². The Bertz CT molecular complexity index is 150. The molecule has 0 aromatic rings. The van der Waals surface area contributed by atoms with Gasteiger partial charge in [-0.25, -0.2) is 0 Å². The van der Waals surface area contributed by atoms with Gasteiger partial charge in [0.05, 0.1) is 8.07 Å². The highest BCUT2D eigenvalue weighted by Gasteiger charge is 2.35. The minimum absolute atomic E-state index is 0.291. The molecule has 1 aliphatic heterocycles. The summed E-state index contributed by atoms with van der Waals surface area (Å²) in [5.74, 6) is 0.291. The van der Waals surface area contributed by atoms with Crippen LogP contribution in [0.3, 0.4) is 0 Å². The van der Waals surface area contributed by atoms with Gasteiger partial charge >= 0.3 is 0 Å². The van der Waals surface area contributed by atoms with E-state index in [9.17, 15) is 4.79 Å². The van der Waals surface area contributed by atoms with E-state index < -0.39 is 8.07 Å². The van der Waals surface area contributed by atoms with Gasteiger partial charge in [0.25, 0.3) is 0 Å². The molecule has 0 saturated carbocycles. The topological polar surface area (TPSA) is 29.1 Å². The minimum Gasteiger partial charge on any atom is -0.356 e. The monoisotopic (exact) mass is 157 g/mol. The highest BCUT2D eigenvalue weighted by molar-refractivity contribution is 6.80. The van der Waals surface area contributed by atoms with Crippen LogP contribution >= 0.6 is 0 Å². The Morgan fingerprint density at radius 1 is 1.50 bits per heavy atom. The van der Waals surface area contributed by atoms with Gasteiger partial charge in [-0.15, -0.1) is 0 Å². The summed E-state index contributed by atoms with van der Waals surface area (Å²) in [6.07, 6.45) is 1.06.